The number of rotatable bonds is 4. The third kappa shape index (κ3) is 4.42. The Balaban J connectivity index is 1.67. The summed E-state index contributed by atoms with van der Waals surface area (Å²) in [7, 11) is 0. The summed E-state index contributed by atoms with van der Waals surface area (Å²) in [6, 6.07) is 13.0. The van der Waals surface area contributed by atoms with Gasteiger partial charge in [-0.25, -0.2) is 0 Å². The summed E-state index contributed by atoms with van der Waals surface area (Å²) in [5.74, 6) is 0.0404. The van der Waals surface area contributed by atoms with Crippen molar-refractivity contribution in [2.45, 2.75) is 20.3 Å². The molecule has 5 nitrogen and oxygen atoms in total. The number of carbonyl (C=O) groups excluding carboxylic acids is 2. The van der Waals surface area contributed by atoms with Gasteiger partial charge in [0.2, 0.25) is 5.91 Å². The maximum absolute atomic E-state index is 12.5. The molecule has 0 bridgehead atoms. The molecular weight excluding hydrogens is 362 g/mol. The molecule has 0 saturated carbocycles. The van der Waals surface area contributed by atoms with E-state index in [-0.39, 0.29) is 11.8 Å². The van der Waals surface area contributed by atoms with Crippen molar-refractivity contribution in [3.63, 3.8) is 0 Å². The molecule has 1 fully saturated rings. The van der Waals surface area contributed by atoms with Crippen LogP contribution < -0.4 is 10.2 Å². The number of anilines is 2. The third-order valence-electron chi connectivity index (χ3n) is 4.87. The Morgan fingerprint density at radius 3 is 2.41 bits per heavy atom. The average molecular weight is 386 g/mol. The van der Waals surface area contributed by atoms with Crippen LogP contribution in [0.15, 0.2) is 42.5 Å². The topological polar surface area (TPSA) is 52.7 Å². The highest BCUT2D eigenvalue weighted by molar-refractivity contribution is 6.33. The zero-order chi connectivity index (χ0) is 19.4. The van der Waals surface area contributed by atoms with E-state index in [0.29, 0.717) is 35.8 Å². The van der Waals surface area contributed by atoms with Gasteiger partial charge in [0.25, 0.3) is 5.91 Å². The Labute approximate surface area is 164 Å². The van der Waals surface area contributed by atoms with Crippen LogP contribution in [-0.4, -0.2) is 42.9 Å². The van der Waals surface area contributed by atoms with Crippen molar-refractivity contribution in [1.82, 2.24) is 4.90 Å². The number of carbonyl (C=O) groups is 2. The van der Waals surface area contributed by atoms with Gasteiger partial charge in [-0.1, -0.05) is 36.7 Å². The SMILES string of the molecule is CCC(=O)N1CCN(c2ccc(NC(=O)c3ccccc3C)cc2Cl)CC1. The number of benzene rings is 2. The molecule has 2 amide bonds. The first-order valence-corrected chi connectivity index (χ1v) is 9.56. The van der Waals surface area contributed by atoms with Gasteiger partial charge < -0.3 is 15.1 Å². The zero-order valence-electron chi connectivity index (χ0n) is 15.7. The molecule has 2 aromatic rings. The molecule has 0 unspecified atom stereocenters. The summed E-state index contributed by atoms with van der Waals surface area (Å²) in [4.78, 5) is 28.3. The fourth-order valence-electron chi connectivity index (χ4n) is 3.29. The smallest absolute Gasteiger partial charge is 0.255 e. The van der Waals surface area contributed by atoms with Crippen LogP contribution in [0, 0.1) is 6.92 Å². The molecule has 0 radical (unpaired) electrons. The molecule has 27 heavy (non-hydrogen) atoms. The number of amides is 2. The summed E-state index contributed by atoms with van der Waals surface area (Å²) >= 11 is 6.48. The minimum absolute atomic E-state index is 0.149. The van der Waals surface area contributed by atoms with Gasteiger partial charge in [-0.3, -0.25) is 9.59 Å². The number of nitrogens with zero attached hydrogens (tertiary/aromatic N) is 2. The highest BCUT2D eigenvalue weighted by atomic mass is 35.5. The Kier molecular flexibility index (Phi) is 6.01. The Morgan fingerprint density at radius 2 is 1.78 bits per heavy atom. The summed E-state index contributed by atoms with van der Waals surface area (Å²) in [6.07, 6.45) is 0.538. The number of hydrogen-bond acceptors (Lipinski definition) is 3. The van der Waals surface area contributed by atoms with Gasteiger partial charge >= 0.3 is 0 Å². The summed E-state index contributed by atoms with van der Waals surface area (Å²) < 4.78 is 0. The van der Waals surface area contributed by atoms with Gasteiger partial charge in [-0.2, -0.15) is 0 Å². The van der Waals surface area contributed by atoms with E-state index in [9.17, 15) is 9.59 Å². The molecule has 1 aliphatic heterocycles. The first-order chi connectivity index (χ1) is 13.0. The van der Waals surface area contributed by atoms with Crippen LogP contribution in [0.5, 0.6) is 0 Å². The standard InChI is InChI=1S/C21H24ClN3O2/c1-3-20(26)25-12-10-24(11-13-25)19-9-8-16(14-18(19)22)23-21(27)17-7-5-4-6-15(17)2/h4-9,14H,3,10-13H2,1-2H3,(H,23,27). The van der Waals surface area contributed by atoms with Gasteiger partial charge in [-0.05, 0) is 36.8 Å². The minimum atomic E-state index is -0.149. The van der Waals surface area contributed by atoms with E-state index >= 15 is 0 Å². The second-order valence-electron chi connectivity index (χ2n) is 6.66. The molecule has 1 aliphatic rings. The maximum atomic E-state index is 12.5. The predicted molar refractivity (Wildman–Crippen MR) is 110 cm³/mol. The predicted octanol–water partition coefficient (Wildman–Crippen LogP) is 3.96. The summed E-state index contributed by atoms with van der Waals surface area (Å²) in [5.41, 5.74) is 3.16. The molecule has 0 aliphatic carbocycles. The lowest BCUT2D eigenvalue weighted by atomic mass is 10.1. The first kappa shape index (κ1) is 19.2. The summed E-state index contributed by atoms with van der Waals surface area (Å²) in [6.45, 7) is 6.70. The van der Waals surface area contributed by atoms with Gasteiger partial charge in [-0.15, -0.1) is 0 Å². The van der Waals surface area contributed by atoms with E-state index in [1.54, 1.807) is 12.1 Å². The van der Waals surface area contributed by atoms with Gasteiger partial charge in [0.1, 0.15) is 0 Å². The normalized spacial score (nSPS) is 14.2. The largest absolute Gasteiger partial charge is 0.367 e. The lowest BCUT2D eigenvalue weighted by Gasteiger charge is -2.36. The zero-order valence-corrected chi connectivity index (χ0v) is 16.4. The van der Waals surface area contributed by atoms with E-state index in [2.05, 4.69) is 10.2 Å². The molecule has 0 spiro atoms. The lowest BCUT2D eigenvalue weighted by molar-refractivity contribution is -0.131. The van der Waals surface area contributed by atoms with E-state index in [0.717, 1.165) is 24.3 Å². The van der Waals surface area contributed by atoms with Crippen molar-refractivity contribution in [3.8, 4) is 0 Å². The van der Waals surface area contributed by atoms with E-state index in [1.165, 1.54) is 0 Å². The quantitative estimate of drug-likeness (QED) is 0.866. The number of nitrogens with one attached hydrogen (secondary N) is 1. The Bertz CT molecular complexity index is 845. The summed E-state index contributed by atoms with van der Waals surface area (Å²) in [5, 5.41) is 3.50. The minimum Gasteiger partial charge on any atom is -0.367 e. The Morgan fingerprint density at radius 1 is 1.07 bits per heavy atom. The van der Waals surface area contributed by atoms with Crippen molar-refractivity contribution in [3.05, 3.63) is 58.6 Å². The number of halogens is 1. The molecule has 6 heteroatoms. The van der Waals surface area contributed by atoms with Gasteiger partial charge in [0.15, 0.2) is 0 Å². The van der Waals surface area contributed by atoms with E-state index < -0.39 is 0 Å². The second-order valence-corrected chi connectivity index (χ2v) is 7.06. The van der Waals surface area contributed by atoms with Crippen LogP contribution in [0.4, 0.5) is 11.4 Å². The highest BCUT2D eigenvalue weighted by Crippen LogP contribution is 2.30. The molecule has 3 rings (SSSR count). The lowest BCUT2D eigenvalue weighted by Crippen LogP contribution is -2.48. The van der Waals surface area contributed by atoms with Crippen LogP contribution in [0.3, 0.4) is 0 Å². The van der Waals surface area contributed by atoms with Crippen molar-refractivity contribution in [2.75, 3.05) is 36.4 Å². The van der Waals surface area contributed by atoms with Gasteiger partial charge in [0, 0.05) is 43.9 Å². The van der Waals surface area contributed by atoms with Crippen LogP contribution in [0.25, 0.3) is 0 Å². The molecule has 2 aromatic carbocycles. The molecule has 1 saturated heterocycles. The molecule has 0 atom stereocenters. The number of aryl methyl sites for hydroxylation is 1. The fourth-order valence-corrected chi connectivity index (χ4v) is 3.59. The maximum Gasteiger partial charge on any atom is 0.255 e. The number of piperazine rings is 1. The second kappa shape index (κ2) is 8.44. The van der Waals surface area contributed by atoms with Crippen LogP contribution in [0.2, 0.25) is 5.02 Å². The molecule has 1 heterocycles. The van der Waals surface area contributed by atoms with Gasteiger partial charge in [0.05, 0.1) is 10.7 Å². The van der Waals surface area contributed by atoms with Crippen molar-refractivity contribution in [2.24, 2.45) is 0 Å². The van der Waals surface area contributed by atoms with Crippen molar-refractivity contribution in [1.29, 1.82) is 0 Å². The van der Waals surface area contributed by atoms with Crippen LogP contribution >= 0.6 is 11.6 Å². The molecule has 142 valence electrons. The average Bonchev–Trinajstić information content (AvgIpc) is 2.68. The van der Waals surface area contributed by atoms with E-state index in [4.69, 9.17) is 11.6 Å². The molecule has 1 N–H and O–H groups in total. The highest BCUT2D eigenvalue weighted by Gasteiger charge is 2.21. The third-order valence-corrected chi connectivity index (χ3v) is 5.17. The number of hydrogen-bond donors (Lipinski definition) is 1. The fraction of sp³-hybridized carbons (Fsp3) is 0.333. The molecule has 0 aromatic heterocycles. The Hall–Kier alpha value is -2.53. The van der Waals surface area contributed by atoms with Crippen molar-refractivity contribution >= 4 is 34.8 Å². The monoisotopic (exact) mass is 385 g/mol. The van der Waals surface area contributed by atoms with E-state index in [1.807, 2.05) is 49.1 Å². The van der Waals surface area contributed by atoms with Crippen LogP contribution in [0.1, 0.15) is 29.3 Å². The molecular formula is C21H24ClN3O2. The van der Waals surface area contributed by atoms with Crippen LogP contribution in [-0.2, 0) is 4.79 Å². The first-order valence-electron chi connectivity index (χ1n) is 9.19. The van der Waals surface area contributed by atoms with Crippen molar-refractivity contribution < 1.29 is 9.59 Å².